The predicted molar refractivity (Wildman–Crippen MR) is 115 cm³/mol. The van der Waals surface area contributed by atoms with Crippen LogP contribution >= 0.6 is 0 Å². The summed E-state index contributed by atoms with van der Waals surface area (Å²) in [6, 6.07) is 6.00. The minimum Gasteiger partial charge on any atom is -0.497 e. The molecule has 0 unspecified atom stereocenters. The van der Waals surface area contributed by atoms with Crippen molar-refractivity contribution in [3.63, 3.8) is 0 Å². The van der Waals surface area contributed by atoms with Gasteiger partial charge < -0.3 is 24.4 Å². The van der Waals surface area contributed by atoms with Gasteiger partial charge in [0.1, 0.15) is 5.75 Å². The summed E-state index contributed by atoms with van der Waals surface area (Å²) in [6.45, 7) is -0.432. The Labute approximate surface area is 188 Å². The molecule has 2 N–H and O–H groups in total. The van der Waals surface area contributed by atoms with Gasteiger partial charge in [-0.2, -0.15) is 4.31 Å². The molecule has 0 saturated heterocycles. The molecule has 1 heterocycles. The molecular weight excluding hydrogens is 438 g/mol. The van der Waals surface area contributed by atoms with E-state index in [4.69, 9.17) is 14.2 Å². The summed E-state index contributed by atoms with van der Waals surface area (Å²) in [7, 11) is -2.35. The fraction of sp³-hybridized carbons (Fsp3) is 0.591. The Morgan fingerprint density at radius 3 is 2.47 bits per heavy atom. The summed E-state index contributed by atoms with van der Waals surface area (Å²) in [5, 5.41) is 18.8. The van der Waals surface area contributed by atoms with Crippen molar-refractivity contribution in [2.45, 2.75) is 43.3 Å². The van der Waals surface area contributed by atoms with Crippen molar-refractivity contribution in [3.05, 3.63) is 36.1 Å². The summed E-state index contributed by atoms with van der Waals surface area (Å²) in [4.78, 5) is 11.6. The third kappa shape index (κ3) is 6.00. The standard InChI is InChI=1S/C22H31NO8S/c1-29-18-6-8-19(9-7-18)32(27,28)23(10-12-24)11-13-30-21-15-17(16-4-2-3-5-16)14-20(31-21)22(25)26/h6-9,14,16-17,21,24H,2-5,10-13,15H2,1H3,(H,25,26)/t17-,21+/m0/s1. The maximum absolute atomic E-state index is 13.0. The second-order valence-corrected chi connectivity index (χ2v) is 9.94. The van der Waals surface area contributed by atoms with Crippen LogP contribution in [0.5, 0.6) is 5.75 Å². The van der Waals surface area contributed by atoms with Gasteiger partial charge in [-0.05, 0) is 55.0 Å². The average Bonchev–Trinajstić information content (AvgIpc) is 3.33. The molecule has 32 heavy (non-hydrogen) atoms. The Morgan fingerprint density at radius 2 is 1.88 bits per heavy atom. The topological polar surface area (TPSA) is 123 Å². The highest BCUT2D eigenvalue weighted by molar-refractivity contribution is 7.89. The largest absolute Gasteiger partial charge is 0.497 e. The van der Waals surface area contributed by atoms with Crippen LogP contribution in [0.4, 0.5) is 0 Å². The Kier molecular flexibility index (Phi) is 8.52. The molecule has 1 aliphatic carbocycles. The van der Waals surface area contributed by atoms with Gasteiger partial charge in [-0.25, -0.2) is 13.2 Å². The van der Waals surface area contributed by atoms with Crippen LogP contribution in [0.25, 0.3) is 0 Å². The zero-order valence-corrected chi connectivity index (χ0v) is 19.0. The minimum atomic E-state index is -3.85. The molecule has 2 atom stereocenters. The number of ether oxygens (including phenoxy) is 3. The highest BCUT2D eigenvalue weighted by Gasteiger charge is 2.34. The molecule has 0 aromatic heterocycles. The minimum absolute atomic E-state index is 0.00430. The second kappa shape index (κ2) is 11.1. The smallest absolute Gasteiger partial charge is 0.370 e. The summed E-state index contributed by atoms with van der Waals surface area (Å²) in [5.74, 6) is -0.226. The highest BCUT2D eigenvalue weighted by Crippen LogP contribution is 2.38. The Bertz CT molecular complexity index is 893. The summed E-state index contributed by atoms with van der Waals surface area (Å²) in [5.41, 5.74) is 0. The number of allylic oxidation sites excluding steroid dienone is 1. The molecule has 1 aromatic rings. The van der Waals surface area contributed by atoms with Crippen LogP contribution in [0.2, 0.25) is 0 Å². The lowest BCUT2D eigenvalue weighted by Gasteiger charge is -2.31. The Morgan fingerprint density at radius 1 is 1.19 bits per heavy atom. The lowest BCUT2D eigenvalue weighted by Crippen LogP contribution is -2.38. The van der Waals surface area contributed by atoms with Crippen molar-refractivity contribution in [2.24, 2.45) is 11.8 Å². The van der Waals surface area contributed by atoms with E-state index >= 15 is 0 Å². The molecule has 10 heteroatoms. The molecule has 0 amide bonds. The van der Waals surface area contributed by atoms with Gasteiger partial charge in [0.2, 0.25) is 22.1 Å². The third-order valence-electron chi connectivity index (χ3n) is 6.00. The van der Waals surface area contributed by atoms with Crippen molar-refractivity contribution in [1.29, 1.82) is 0 Å². The van der Waals surface area contributed by atoms with Gasteiger partial charge in [-0.1, -0.05) is 12.8 Å². The van der Waals surface area contributed by atoms with Crippen LogP contribution < -0.4 is 4.74 Å². The Hall–Kier alpha value is -2.14. The van der Waals surface area contributed by atoms with E-state index in [-0.39, 0.29) is 42.9 Å². The molecule has 0 bridgehead atoms. The zero-order valence-electron chi connectivity index (χ0n) is 18.2. The van der Waals surface area contributed by atoms with Crippen molar-refractivity contribution >= 4 is 16.0 Å². The average molecular weight is 470 g/mol. The molecule has 1 saturated carbocycles. The Balaban J connectivity index is 1.62. The monoisotopic (exact) mass is 469 g/mol. The van der Waals surface area contributed by atoms with E-state index < -0.39 is 22.3 Å². The number of methoxy groups -OCH3 is 1. The normalized spacial score (nSPS) is 21.9. The first-order valence-electron chi connectivity index (χ1n) is 10.8. The van der Waals surface area contributed by atoms with Gasteiger partial charge in [0.15, 0.2) is 0 Å². The molecule has 1 aromatic carbocycles. The van der Waals surface area contributed by atoms with Gasteiger partial charge in [0, 0.05) is 19.5 Å². The molecule has 1 fully saturated rings. The van der Waals surface area contributed by atoms with Gasteiger partial charge in [-0.3, -0.25) is 0 Å². The number of benzene rings is 1. The summed E-state index contributed by atoms with van der Waals surface area (Å²) in [6.07, 6.45) is 5.87. The number of sulfonamides is 1. The lowest BCUT2D eigenvalue weighted by atomic mass is 9.86. The number of aliphatic hydroxyl groups excluding tert-OH is 1. The van der Waals surface area contributed by atoms with E-state index in [0.717, 1.165) is 30.0 Å². The van der Waals surface area contributed by atoms with Crippen LogP contribution in [0.15, 0.2) is 41.0 Å². The molecule has 0 radical (unpaired) electrons. The van der Waals surface area contributed by atoms with Crippen LogP contribution in [-0.4, -0.2) is 68.6 Å². The van der Waals surface area contributed by atoms with E-state index in [1.165, 1.54) is 19.2 Å². The molecule has 1 aliphatic heterocycles. The fourth-order valence-electron chi connectivity index (χ4n) is 4.30. The molecule has 178 valence electrons. The molecule has 3 rings (SSSR count). The highest BCUT2D eigenvalue weighted by atomic mass is 32.2. The first kappa shape index (κ1) is 24.5. The number of nitrogens with zero attached hydrogens (tertiary/aromatic N) is 1. The molecular formula is C22H31NO8S. The first-order chi connectivity index (χ1) is 15.3. The van der Waals surface area contributed by atoms with Crippen LogP contribution in [0, 0.1) is 11.8 Å². The fourth-order valence-corrected chi connectivity index (χ4v) is 5.71. The molecule has 2 aliphatic rings. The number of rotatable bonds is 11. The summed E-state index contributed by atoms with van der Waals surface area (Å²) >= 11 is 0. The van der Waals surface area contributed by atoms with E-state index in [0.29, 0.717) is 18.1 Å². The number of hydrogen-bond acceptors (Lipinski definition) is 7. The predicted octanol–water partition coefficient (Wildman–Crippen LogP) is 2.22. The van der Waals surface area contributed by atoms with E-state index in [1.54, 1.807) is 18.2 Å². The number of aliphatic carboxylic acids is 1. The summed E-state index contributed by atoms with van der Waals surface area (Å²) < 4.78 is 43.4. The lowest BCUT2D eigenvalue weighted by molar-refractivity contribution is -0.160. The number of hydrogen-bond donors (Lipinski definition) is 2. The number of carbonyl (C=O) groups is 1. The van der Waals surface area contributed by atoms with Gasteiger partial charge >= 0.3 is 5.97 Å². The van der Waals surface area contributed by atoms with Crippen molar-refractivity contribution < 1.29 is 37.6 Å². The quantitative estimate of drug-likeness (QED) is 0.506. The molecule has 9 nitrogen and oxygen atoms in total. The van der Waals surface area contributed by atoms with Crippen molar-refractivity contribution in [1.82, 2.24) is 4.31 Å². The van der Waals surface area contributed by atoms with Gasteiger partial charge in [0.25, 0.3) is 0 Å². The first-order valence-corrected chi connectivity index (χ1v) is 12.3. The van der Waals surface area contributed by atoms with E-state index in [9.17, 15) is 23.4 Å². The number of carboxylic acid groups (broad SMARTS) is 1. The second-order valence-electron chi connectivity index (χ2n) is 8.00. The zero-order chi connectivity index (χ0) is 23.1. The van der Waals surface area contributed by atoms with Crippen molar-refractivity contribution in [3.8, 4) is 5.75 Å². The van der Waals surface area contributed by atoms with Crippen LogP contribution in [-0.2, 0) is 24.3 Å². The van der Waals surface area contributed by atoms with Gasteiger partial charge in [-0.15, -0.1) is 0 Å². The number of aliphatic hydroxyl groups is 1. The van der Waals surface area contributed by atoms with Crippen molar-refractivity contribution in [2.75, 3.05) is 33.4 Å². The SMILES string of the molecule is COc1ccc(S(=O)(=O)N(CCO)CCO[C@H]2C[C@@H](C3CCCC3)C=C(C(=O)O)O2)cc1. The van der Waals surface area contributed by atoms with Crippen LogP contribution in [0.3, 0.4) is 0 Å². The van der Waals surface area contributed by atoms with E-state index in [2.05, 4.69) is 0 Å². The third-order valence-corrected chi connectivity index (χ3v) is 7.91. The number of carboxylic acids is 1. The maximum atomic E-state index is 13.0. The van der Waals surface area contributed by atoms with Crippen LogP contribution in [0.1, 0.15) is 32.1 Å². The molecule has 0 spiro atoms. The van der Waals surface area contributed by atoms with E-state index in [1.807, 2.05) is 0 Å². The maximum Gasteiger partial charge on any atom is 0.370 e. The van der Waals surface area contributed by atoms with Gasteiger partial charge in [0.05, 0.1) is 25.2 Å².